The number of fused-ring (bicyclic) bond motifs is 1. The third-order valence-electron chi connectivity index (χ3n) is 2.95. The SMILES string of the molecule is NCC(CC(=O)O)c1ccc2c(c1)OCCCO2. The van der Waals surface area contributed by atoms with Gasteiger partial charge in [0.15, 0.2) is 11.5 Å². The monoisotopic (exact) mass is 251 g/mol. The molecule has 0 radical (unpaired) electrons. The van der Waals surface area contributed by atoms with E-state index in [1.807, 2.05) is 18.2 Å². The average molecular weight is 251 g/mol. The Balaban J connectivity index is 2.23. The van der Waals surface area contributed by atoms with Crippen LogP contribution in [0.25, 0.3) is 0 Å². The molecular formula is C13H17NO4. The lowest BCUT2D eigenvalue weighted by molar-refractivity contribution is -0.137. The number of ether oxygens (including phenoxy) is 2. The standard InChI is InChI=1S/C13H17NO4/c14-8-10(7-13(15)16)9-2-3-11-12(6-9)18-5-1-4-17-11/h2-3,6,10H,1,4-5,7-8,14H2,(H,15,16). The highest BCUT2D eigenvalue weighted by Crippen LogP contribution is 2.33. The third-order valence-corrected chi connectivity index (χ3v) is 2.95. The molecule has 5 nitrogen and oxygen atoms in total. The van der Waals surface area contributed by atoms with Gasteiger partial charge in [-0.3, -0.25) is 4.79 Å². The van der Waals surface area contributed by atoms with E-state index in [4.69, 9.17) is 20.3 Å². The van der Waals surface area contributed by atoms with Crippen molar-refractivity contribution < 1.29 is 19.4 Å². The summed E-state index contributed by atoms with van der Waals surface area (Å²) in [4.78, 5) is 10.8. The minimum Gasteiger partial charge on any atom is -0.490 e. The van der Waals surface area contributed by atoms with Crippen molar-refractivity contribution in [3.05, 3.63) is 23.8 Å². The first kappa shape index (κ1) is 12.7. The molecule has 0 saturated carbocycles. The number of rotatable bonds is 4. The first-order chi connectivity index (χ1) is 8.70. The summed E-state index contributed by atoms with van der Waals surface area (Å²) in [5.74, 6) is 0.341. The lowest BCUT2D eigenvalue weighted by Gasteiger charge is -2.15. The maximum atomic E-state index is 10.8. The average Bonchev–Trinajstić information content (AvgIpc) is 2.59. The van der Waals surface area contributed by atoms with Gasteiger partial charge in [0.25, 0.3) is 0 Å². The highest BCUT2D eigenvalue weighted by molar-refractivity contribution is 5.68. The van der Waals surface area contributed by atoms with Crippen LogP contribution in [0.5, 0.6) is 11.5 Å². The zero-order valence-electron chi connectivity index (χ0n) is 10.1. The molecule has 1 aromatic rings. The van der Waals surface area contributed by atoms with E-state index in [0.29, 0.717) is 31.3 Å². The fraction of sp³-hybridized carbons (Fsp3) is 0.462. The Labute approximate surface area is 106 Å². The van der Waals surface area contributed by atoms with Crippen molar-refractivity contribution in [3.63, 3.8) is 0 Å². The molecule has 1 heterocycles. The van der Waals surface area contributed by atoms with Crippen molar-refractivity contribution in [1.82, 2.24) is 0 Å². The summed E-state index contributed by atoms with van der Waals surface area (Å²) in [6.45, 7) is 1.55. The van der Waals surface area contributed by atoms with Crippen molar-refractivity contribution in [2.75, 3.05) is 19.8 Å². The Morgan fingerprint density at radius 2 is 2.06 bits per heavy atom. The lowest BCUT2D eigenvalue weighted by atomic mass is 9.95. The maximum Gasteiger partial charge on any atom is 0.304 e. The Morgan fingerprint density at radius 3 is 2.72 bits per heavy atom. The fourth-order valence-electron chi connectivity index (χ4n) is 1.98. The molecule has 0 aliphatic carbocycles. The van der Waals surface area contributed by atoms with Crippen LogP contribution in [-0.4, -0.2) is 30.8 Å². The van der Waals surface area contributed by atoms with Gasteiger partial charge in [0.2, 0.25) is 0 Å². The van der Waals surface area contributed by atoms with Gasteiger partial charge in [-0.2, -0.15) is 0 Å². The van der Waals surface area contributed by atoms with E-state index in [1.165, 1.54) is 0 Å². The van der Waals surface area contributed by atoms with Gasteiger partial charge in [-0.25, -0.2) is 0 Å². The molecule has 1 aromatic carbocycles. The molecule has 0 saturated heterocycles. The molecule has 1 aliphatic rings. The van der Waals surface area contributed by atoms with Crippen LogP contribution >= 0.6 is 0 Å². The van der Waals surface area contributed by atoms with Gasteiger partial charge in [0.1, 0.15) is 0 Å². The molecule has 1 atom stereocenters. The predicted molar refractivity (Wildman–Crippen MR) is 66.1 cm³/mol. The Morgan fingerprint density at radius 1 is 1.33 bits per heavy atom. The van der Waals surface area contributed by atoms with Crippen LogP contribution in [0.2, 0.25) is 0 Å². The zero-order chi connectivity index (χ0) is 13.0. The number of carboxylic acid groups (broad SMARTS) is 1. The van der Waals surface area contributed by atoms with Gasteiger partial charge in [0.05, 0.1) is 19.6 Å². The van der Waals surface area contributed by atoms with E-state index in [-0.39, 0.29) is 12.3 Å². The van der Waals surface area contributed by atoms with Crippen LogP contribution < -0.4 is 15.2 Å². The summed E-state index contributed by atoms with van der Waals surface area (Å²) >= 11 is 0. The summed E-state index contributed by atoms with van der Waals surface area (Å²) in [5.41, 5.74) is 6.50. The van der Waals surface area contributed by atoms with Gasteiger partial charge >= 0.3 is 5.97 Å². The lowest BCUT2D eigenvalue weighted by Crippen LogP contribution is -2.16. The number of aliphatic carboxylic acids is 1. The van der Waals surface area contributed by atoms with Crippen molar-refractivity contribution >= 4 is 5.97 Å². The summed E-state index contributed by atoms with van der Waals surface area (Å²) < 4.78 is 11.1. The molecule has 2 rings (SSSR count). The summed E-state index contributed by atoms with van der Waals surface area (Å²) in [5, 5.41) is 8.85. The van der Waals surface area contributed by atoms with Crippen LogP contribution in [0.15, 0.2) is 18.2 Å². The van der Waals surface area contributed by atoms with Gasteiger partial charge < -0.3 is 20.3 Å². The minimum absolute atomic E-state index is 0.0240. The van der Waals surface area contributed by atoms with Gasteiger partial charge in [0, 0.05) is 12.3 Å². The van der Waals surface area contributed by atoms with Gasteiger partial charge in [-0.1, -0.05) is 6.07 Å². The molecule has 0 spiro atoms. The van der Waals surface area contributed by atoms with Crippen LogP contribution in [0.1, 0.15) is 24.3 Å². The van der Waals surface area contributed by atoms with Crippen molar-refractivity contribution in [1.29, 1.82) is 0 Å². The summed E-state index contributed by atoms with van der Waals surface area (Å²) in [6, 6.07) is 5.51. The van der Waals surface area contributed by atoms with E-state index in [9.17, 15) is 4.79 Å². The number of carbonyl (C=O) groups is 1. The molecule has 0 aromatic heterocycles. The van der Waals surface area contributed by atoms with E-state index >= 15 is 0 Å². The Kier molecular flexibility index (Phi) is 4.04. The molecule has 1 aliphatic heterocycles. The smallest absolute Gasteiger partial charge is 0.304 e. The quantitative estimate of drug-likeness (QED) is 0.844. The number of nitrogens with two attached hydrogens (primary N) is 1. The number of benzene rings is 1. The molecule has 18 heavy (non-hydrogen) atoms. The molecule has 98 valence electrons. The molecule has 0 fully saturated rings. The van der Waals surface area contributed by atoms with Crippen LogP contribution in [-0.2, 0) is 4.79 Å². The molecule has 0 amide bonds. The zero-order valence-corrected chi connectivity index (χ0v) is 10.1. The summed E-state index contributed by atoms with van der Waals surface area (Å²) in [6.07, 6.45) is 0.871. The second-order valence-corrected chi connectivity index (χ2v) is 4.29. The second kappa shape index (κ2) is 5.73. The topological polar surface area (TPSA) is 81.8 Å². The van der Waals surface area contributed by atoms with E-state index in [1.54, 1.807) is 0 Å². The highest BCUT2D eigenvalue weighted by atomic mass is 16.5. The number of hydrogen-bond acceptors (Lipinski definition) is 4. The first-order valence-electron chi connectivity index (χ1n) is 6.02. The fourth-order valence-corrected chi connectivity index (χ4v) is 1.98. The molecule has 3 N–H and O–H groups in total. The van der Waals surface area contributed by atoms with Crippen molar-refractivity contribution in [2.45, 2.75) is 18.8 Å². The van der Waals surface area contributed by atoms with Gasteiger partial charge in [-0.15, -0.1) is 0 Å². The molecular weight excluding hydrogens is 234 g/mol. The number of carboxylic acids is 1. The molecule has 0 bridgehead atoms. The Bertz CT molecular complexity index is 433. The van der Waals surface area contributed by atoms with Crippen molar-refractivity contribution in [2.24, 2.45) is 5.73 Å². The Hall–Kier alpha value is -1.75. The predicted octanol–water partition coefficient (Wildman–Crippen LogP) is 1.36. The molecule has 1 unspecified atom stereocenters. The van der Waals surface area contributed by atoms with E-state index < -0.39 is 5.97 Å². The highest BCUT2D eigenvalue weighted by Gasteiger charge is 2.17. The number of hydrogen-bond donors (Lipinski definition) is 2. The van der Waals surface area contributed by atoms with Crippen molar-refractivity contribution in [3.8, 4) is 11.5 Å². The summed E-state index contributed by atoms with van der Waals surface area (Å²) in [7, 11) is 0. The largest absolute Gasteiger partial charge is 0.490 e. The second-order valence-electron chi connectivity index (χ2n) is 4.29. The van der Waals surface area contributed by atoms with Gasteiger partial charge in [-0.05, 0) is 24.2 Å². The van der Waals surface area contributed by atoms with Crippen LogP contribution in [0.3, 0.4) is 0 Å². The minimum atomic E-state index is -0.849. The third kappa shape index (κ3) is 2.92. The van der Waals surface area contributed by atoms with E-state index in [0.717, 1.165) is 12.0 Å². The normalized spacial score (nSPS) is 15.8. The first-order valence-corrected chi connectivity index (χ1v) is 6.02. The van der Waals surface area contributed by atoms with E-state index in [2.05, 4.69) is 0 Å². The van der Waals surface area contributed by atoms with Crippen LogP contribution in [0, 0.1) is 0 Å². The van der Waals surface area contributed by atoms with Crippen LogP contribution in [0.4, 0.5) is 0 Å². The molecule has 5 heteroatoms. The maximum absolute atomic E-state index is 10.8.